The van der Waals surface area contributed by atoms with Gasteiger partial charge >= 0.3 is 5.69 Å². The van der Waals surface area contributed by atoms with Crippen LogP contribution in [0.3, 0.4) is 0 Å². The summed E-state index contributed by atoms with van der Waals surface area (Å²) in [6, 6.07) is 7.53. The van der Waals surface area contributed by atoms with Crippen LogP contribution >= 0.6 is 11.3 Å². The molecule has 0 bridgehead atoms. The topological polar surface area (TPSA) is 81.3 Å². The fourth-order valence-electron chi connectivity index (χ4n) is 3.94. The molecule has 0 aliphatic heterocycles. The van der Waals surface area contributed by atoms with Crippen molar-refractivity contribution in [2.45, 2.75) is 39.7 Å². The third kappa shape index (κ3) is 3.13. The van der Waals surface area contributed by atoms with Crippen LogP contribution in [0.1, 0.15) is 29.3 Å². The summed E-state index contributed by atoms with van der Waals surface area (Å²) in [4.78, 5) is 32.0. The fraction of sp³-hybridized carbons (Fsp3) is 0.333. The number of nitrogens with zero attached hydrogens (tertiary/aromatic N) is 4. The minimum Gasteiger partial charge on any atom is -0.324 e. The number of nitrogens with one attached hydrogen (secondary N) is 1. The van der Waals surface area contributed by atoms with E-state index in [4.69, 9.17) is 0 Å². The molecule has 1 aliphatic rings. The van der Waals surface area contributed by atoms with Crippen molar-refractivity contribution in [1.82, 2.24) is 19.2 Å². The van der Waals surface area contributed by atoms with E-state index in [0.29, 0.717) is 17.3 Å². The number of aryl methyl sites for hydroxylation is 2. The normalized spacial score (nSPS) is 16.3. The Morgan fingerprint density at radius 1 is 1.31 bits per heavy atom. The monoisotopic (exact) mass is 407 g/mol. The molecule has 0 radical (unpaired) electrons. The van der Waals surface area contributed by atoms with Crippen LogP contribution in [0.2, 0.25) is 0 Å². The first-order chi connectivity index (χ1) is 14.0. The minimum absolute atomic E-state index is 0.140. The lowest BCUT2D eigenvalue weighted by Gasteiger charge is -2.17. The van der Waals surface area contributed by atoms with Crippen LogP contribution in [-0.2, 0) is 24.2 Å². The number of benzene rings is 1. The third-order valence-electron chi connectivity index (χ3n) is 5.51. The van der Waals surface area contributed by atoms with Gasteiger partial charge in [-0.15, -0.1) is 16.4 Å². The average Bonchev–Trinajstić information content (AvgIpc) is 3.21. The SMILES string of the molecule is Cc1ccc(NC(=O)Cn2nc3c4c5c(sc4ncn3c2=O)C[C@@H](C)CC5)cc1. The van der Waals surface area contributed by atoms with E-state index in [2.05, 4.69) is 22.3 Å². The number of carbonyl (C=O) groups is 1. The Bertz CT molecular complexity index is 1300. The Morgan fingerprint density at radius 2 is 2.10 bits per heavy atom. The highest BCUT2D eigenvalue weighted by atomic mass is 32.1. The highest BCUT2D eigenvalue weighted by Crippen LogP contribution is 2.38. The Hall–Kier alpha value is -3.00. The molecule has 29 heavy (non-hydrogen) atoms. The molecule has 0 saturated carbocycles. The Morgan fingerprint density at radius 3 is 2.90 bits per heavy atom. The third-order valence-corrected chi connectivity index (χ3v) is 6.67. The van der Waals surface area contributed by atoms with E-state index in [9.17, 15) is 9.59 Å². The molecule has 1 atom stereocenters. The molecule has 3 heterocycles. The number of rotatable bonds is 3. The molecular weight excluding hydrogens is 386 g/mol. The van der Waals surface area contributed by atoms with Gasteiger partial charge in [0.15, 0.2) is 5.65 Å². The van der Waals surface area contributed by atoms with E-state index in [1.54, 1.807) is 11.3 Å². The van der Waals surface area contributed by atoms with Gasteiger partial charge in [0.1, 0.15) is 17.7 Å². The van der Waals surface area contributed by atoms with Crippen LogP contribution < -0.4 is 11.0 Å². The zero-order valence-electron chi connectivity index (χ0n) is 16.3. The van der Waals surface area contributed by atoms with Crippen molar-refractivity contribution in [2.75, 3.05) is 5.32 Å². The molecule has 5 rings (SSSR count). The van der Waals surface area contributed by atoms with Gasteiger partial charge in [0.2, 0.25) is 5.91 Å². The summed E-state index contributed by atoms with van der Waals surface area (Å²) in [7, 11) is 0. The van der Waals surface area contributed by atoms with Crippen LogP contribution in [0.15, 0.2) is 35.4 Å². The quantitative estimate of drug-likeness (QED) is 0.566. The molecule has 0 fully saturated rings. The van der Waals surface area contributed by atoms with Crippen molar-refractivity contribution >= 4 is 38.8 Å². The summed E-state index contributed by atoms with van der Waals surface area (Å²) in [5.74, 6) is 0.376. The van der Waals surface area contributed by atoms with Crippen LogP contribution in [0, 0.1) is 12.8 Å². The molecule has 0 spiro atoms. The lowest BCUT2D eigenvalue weighted by atomic mass is 9.89. The van der Waals surface area contributed by atoms with E-state index in [1.165, 1.54) is 25.9 Å². The van der Waals surface area contributed by atoms with Crippen molar-refractivity contribution in [3.63, 3.8) is 0 Å². The molecule has 0 unspecified atom stereocenters. The highest BCUT2D eigenvalue weighted by Gasteiger charge is 2.24. The zero-order valence-corrected chi connectivity index (χ0v) is 17.1. The number of hydrogen-bond donors (Lipinski definition) is 1. The van der Waals surface area contributed by atoms with Crippen LogP contribution in [-0.4, -0.2) is 25.1 Å². The summed E-state index contributed by atoms with van der Waals surface area (Å²) >= 11 is 1.70. The molecular formula is C21H21N5O2S. The number of aromatic nitrogens is 4. The van der Waals surface area contributed by atoms with Crippen molar-refractivity contribution in [2.24, 2.45) is 5.92 Å². The van der Waals surface area contributed by atoms with Gasteiger partial charge in [-0.05, 0) is 49.8 Å². The van der Waals surface area contributed by atoms with E-state index in [1.807, 2.05) is 31.2 Å². The van der Waals surface area contributed by atoms with Crippen LogP contribution in [0.5, 0.6) is 0 Å². The first-order valence-electron chi connectivity index (χ1n) is 9.74. The second kappa shape index (κ2) is 6.81. The minimum atomic E-state index is -0.349. The van der Waals surface area contributed by atoms with E-state index in [-0.39, 0.29) is 18.1 Å². The predicted octanol–water partition coefficient (Wildman–Crippen LogP) is 3.18. The van der Waals surface area contributed by atoms with Gasteiger partial charge in [-0.25, -0.2) is 18.9 Å². The highest BCUT2D eigenvalue weighted by molar-refractivity contribution is 7.19. The van der Waals surface area contributed by atoms with Crippen LogP contribution in [0.4, 0.5) is 5.69 Å². The smallest absolute Gasteiger partial charge is 0.324 e. The molecule has 1 amide bonds. The summed E-state index contributed by atoms with van der Waals surface area (Å²) in [6.07, 6.45) is 4.68. The van der Waals surface area contributed by atoms with Crippen molar-refractivity contribution in [3.8, 4) is 0 Å². The molecule has 1 aliphatic carbocycles. The summed E-state index contributed by atoms with van der Waals surface area (Å²) in [5, 5.41) is 8.29. The number of carbonyl (C=O) groups excluding carboxylic acids is 1. The first kappa shape index (κ1) is 18.1. The lowest BCUT2D eigenvalue weighted by molar-refractivity contribution is -0.117. The van der Waals surface area contributed by atoms with Gasteiger partial charge in [0.25, 0.3) is 0 Å². The van der Waals surface area contributed by atoms with E-state index in [0.717, 1.165) is 35.0 Å². The molecule has 148 valence electrons. The standard InChI is InChI=1S/C21H21N5O2S/c1-12-3-6-14(7-4-12)23-17(27)10-26-21(28)25-11-22-20-18(19(25)24-26)15-8-5-13(2)9-16(15)29-20/h3-4,6-7,11,13H,5,8-10H2,1-2H3,(H,23,27)/t13-/m0/s1. The second-order valence-corrected chi connectivity index (χ2v) is 8.91. The number of hydrogen-bond acceptors (Lipinski definition) is 5. The number of thiophene rings is 1. The maximum atomic E-state index is 12.8. The average molecular weight is 407 g/mol. The second-order valence-electron chi connectivity index (χ2n) is 7.82. The van der Waals surface area contributed by atoms with Gasteiger partial charge < -0.3 is 5.32 Å². The summed E-state index contributed by atoms with van der Waals surface area (Å²) in [5.41, 5.74) is 3.32. The molecule has 1 N–H and O–H groups in total. The lowest BCUT2D eigenvalue weighted by Crippen LogP contribution is -2.28. The molecule has 3 aromatic heterocycles. The summed E-state index contributed by atoms with van der Waals surface area (Å²) in [6.45, 7) is 4.11. The largest absolute Gasteiger partial charge is 0.352 e. The molecule has 4 aromatic rings. The predicted molar refractivity (Wildman–Crippen MR) is 114 cm³/mol. The van der Waals surface area contributed by atoms with Gasteiger partial charge in [0, 0.05) is 10.6 Å². The van der Waals surface area contributed by atoms with Gasteiger partial charge in [-0.3, -0.25) is 4.79 Å². The Balaban J connectivity index is 1.51. The first-order valence-corrected chi connectivity index (χ1v) is 10.6. The van der Waals surface area contributed by atoms with E-state index < -0.39 is 0 Å². The molecule has 7 nitrogen and oxygen atoms in total. The van der Waals surface area contributed by atoms with Gasteiger partial charge in [-0.2, -0.15) is 0 Å². The van der Waals surface area contributed by atoms with Crippen LogP contribution in [0.25, 0.3) is 15.9 Å². The molecule has 8 heteroatoms. The fourth-order valence-corrected chi connectivity index (χ4v) is 5.28. The zero-order chi connectivity index (χ0) is 20.1. The van der Waals surface area contributed by atoms with Gasteiger partial charge in [-0.1, -0.05) is 24.6 Å². The van der Waals surface area contributed by atoms with Crippen molar-refractivity contribution in [3.05, 3.63) is 57.1 Å². The summed E-state index contributed by atoms with van der Waals surface area (Å²) < 4.78 is 2.67. The van der Waals surface area contributed by atoms with Crippen molar-refractivity contribution in [1.29, 1.82) is 0 Å². The maximum absolute atomic E-state index is 12.8. The Kier molecular flexibility index (Phi) is 4.24. The molecule has 1 aromatic carbocycles. The van der Waals surface area contributed by atoms with Crippen molar-refractivity contribution < 1.29 is 4.79 Å². The number of amides is 1. The number of anilines is 1. The Labute approximate surface area is 171 Å². The maximum Gasteiger partial charge on any atom is 0.352 e. The van der Waals surface area contributed by atoms with E-state index >= 15 is 0 Å². The number of fused-ring (bicyclic) bond motifs is 5. The molecule has 0 saturated heterocycles. The van der Waals surface area contributed by atoms with Gasteiger partial charge in [0.05, 0.1) is 5.39 Å².